The molecule has 2 amide bonds. The Kier molecular flexibility index (Phi) is 8.00. The number of nitrogens with one attached hydrogen (secondary N) is 2. The van der Waals surface area contributed by atoms with Crippen molar-refractivity contribution in [1.29, 1.82) is 0 Å². The van der Waals surface area contributed by atoms with Crippen molar-refractivity contribution in [3.8, 4) is 0 Å². The molecule has 0 saturated carbocycles. The second-order valence-corrected chi connectivity index (χ2v) is 5.87. The molecule has 3 N–H and O–H groups in total. The van der Waals surface area contributed by atoms with Crippen molar-refractivity contribution < 1.29 is 14.7 Å². The summed E-state index contributed by atoms with van der Waals surface area (Å²) in [7, 11) is 0. The number of aliphatic carboxylic acids is 1. The van der Waals surface area contributed by atoms with Gasteiger partial charge in [-0.1, -0.05) is 23.7 Å². The molecular weight excluding hydrogens is 312 g/mol. The second-order valence-electron chi connectivity index (χ2n) is 4.45. The molecular formula is C14H19ClN2O3S. The molecule has 0 radical (unpaired) electrons. The van der Waals surface area contributed by atoms with Gasteiger partial charge in [0.25, 0.3) is 0 Å². The Hall–Kier alpha value is -1.40. The zero-order valence-corrected chi connectivity index (χ0v) is 13.3. The number of carboxylic acid groups (broad SMARTS) is 1. The fraction of sp³-hybridized carbons (Fsp3) is 0.429. The number of urea groups is 1. The Balaban J connectivity index is 2.32. The molecule has 1 atom stereocenters. The number of rotatable bonds is 8. The Labute approximate surface area is 133 Å². The number of hydrogen-bond acceptors (Lipinski definition) is 3. The normalized spacial score (nSPS) is 11.7. The third-order valence-corrected chi connectivity index (χ3v) is 3.72. The van der Waals surface area contributed by atoms with Crippen LogP contribution >= 0.6 is 23.4 Å². The zero-order chi connectivity index (χ0) is 15.7. The first kappa shape index (κ1) is 17.7. The molecule has 0 fully saturated rings. The minimum atomic E-state index is -1.02. The van der Waals surface area contributed by atoms with Gasteiger partial charge in [-0.2, -0.15) is 11.8 Å². The number of carbonyl (C=O) groups excluding carboxylic acids is 1. The van der Waals surface area contributed by atoms with Crippen LogP contribution < -0.4 is 10.6 Å². The van der Waals surface area contributed by atoms with Gasteiger partial charge in [-0.3, -0.25) is 0 Å². The van der Waals surface area contributed by atoms with E-state index < -0.39 is 18.0 Å². The monoisotopic (exact) mass is 330 g/mol. The van der Waals surface area contributed by atoms with E-state index in [4.69, 9.17) is 16.7 Å². The van der Waals surface area contributed by atoms with Crippen molar-refractivity contribution in [3.05, 3.63) is 34.9 Å². The number of halogens is 1. The van der Waals surface area contributed by atoms with Crippen LogP contribution in [0.5, 0.6) is 0 Å². The van der Waals surface area contributed by atoms with Crippen molar-refractivity contribution in [1.82, 2.24) is 10.6 Å². The van der Waals surface area contributed by atoms with Gasteiger partial charge in [-0.25, -0.2) is 9.59 Å². The Morgan fingerprint density at radius 1 is 1.33 bits per heavy atom. The molecule has 5 nitrogen and oxygen atoms in total. The maximum Gasteiger partial charge on any atom is 0.326 e. The van der Waals surface area contributed by atoms with Crippen LogP contribution in [0.3, 0.4) is 0 Å². The smallest absolute Gasteiger partial charge is 0.326 e. The molecule has 0 aliphatic carbocycles. The molecule has 21 heavy (non-hydrogen) atoms. The summed E-state index contributed by atoms with van der Waals surface area (Å²) in [6.45, 7) is 0.433. The zero-order valence-electron chi connectivity index (χ0n) is 11.8. The van der Waals surface area contributed by atoms with E-state index in [2.05, 4.69) is 10.6 Å². The molecule has 0 spiro atoms. The summed E-state index contributed by atoms with van der Waals surface area (Å²) < 4.78 is 0. The molecule has 1 rings (SSSR count). The van der Waals surface area contributed by atoms with Crippen LogP contribution in [0.2, 0.25) is 5.02 Å². The molecule has 1 unspecified atom stereocenters. The predicted octanol–water partition coefficient (Wildman–Crippen LogP) is 2.39. The molecule has 0 bridgehead atoms. The van der Waals surface area contributed by atoms with E-state index in [1.807, 2.05) is 18.4 Å². The second kappa shape index (κ2) is 9.52. The highest BCUT2D eigenvalue weighted by molar-refractivity contribution is 7.98. The highest BCUT2D eigenvalue weighted by atomic mass is 35.5. The van der Waals surface area contributed by atoms with Gasteiger partial charge >= 0.3 is 12.0 Å². The molecule has 0 aliphatic heterocycles. The maximum atomic E-state index is 11.7. The summed E-state index contributed by atoms with van der Waals surface area (Å²) in [5, 5.41) is 14.8. The summed E-state index contributed by atoms with van der Waals surface area (Å²) >= 11 is 7.33. The summed E-state index contributed by atoms with van der Waals surface area (Å²) in [5.41, 5.74) is 1.05. The minimum absolute atomic E-state index is 0.404. The lowest BCUT2D eigenvalue weighted by atomic mass is 10.1. The quantitative estimate of drug-likeness (QED) is 0.684. The van der Waals surface area contributed by atoms with E-state index in [1.54, 1.807) is 23.9 Å². The molecule has 0 aliphatic rings. The first-order valence-electron chi connectivity index (χ1n) is 6.53. The number of carbonyl (C=O) groups is 2. The molecule has 1 aromatic rings. The standard InChI is InChI=1S/C14H19ClN2O3S/c1-21-9-7-12(13(18)19)17-14(20)16-8-6-10-2-4-11(15)5-3-10/h2-5,12H,6-9H2,1H3,(H,18,19)(H2,16,17,20). The lowest BCUT2D eigenvalue weighted by molar-refractivity contribution is -0.139. The van der Waals surface area contributed by atoms with E-state index >= 15 is 0 Å². The van der Waals surface area contributed by atoms with Crippen molar-refractivity contribution >= 4 is 35.4 Å². The first-order valence-corrected chi connectivity index (χ1v) is 8.30. The molecule has 0 saturated heterocycles. The molecule has 1 aromatic carbocycles. The maximum absolute atomic E-state index is 11.7. The van der Waals surface area contributed by atoms with E-state index in [1.165, 1.54) is 0 Å². The van der Waals surface area contributed by atoms with E-state index in [0.29, 0.717) is 30.2 Å². The summed E-state index contributed by atoms with van der Waals surface area (Å²) in [6.07, 6.45) is 2.96. The van der Waals surface area contributed by atoms with Crippen LogP contribution in [0.25, 0.3) is 0 Å². The Morgan fingerprint density at radius 2 is 2.00 bits per heavy atom. The highest BCUT2D eigenvalue weighted by Crippen LogP contribution is 2.09. The number of amides is 2. The summed E-state index contributed by atoms with van der Waals surface area (Å²) in [5.74, 6) is -0.334. The van der Waals surface area contributed by atoms with Gasteiger partial charge in [-0.05, 0) is 42.5 Å². The van der Waals surface area contributed by atoms with Crippen LogP contribution in [0.1, 0.15) is 12.0 Å². The van der Waals surface area contributed by atoms with Crippen LogP contribution in [0, 0.1) is 0 Å². The van der Waals surface area contributed by atoms with Gasteiger partial charge < -0.3 is 15.7 Å². The average molecular weight is 331 g/mol. The lowest BCUT2D eigenvalue weighted by Crippen LogP contribution is -2.46. The number of carboxylic acids is 1. The van der Waals surface area contributed by atoms with Crippen LogP contribution in [-0.2, 0) is 11.2 Å². The fourth-order valence-electron chi connectivity index (χ4n) is 1.67. The number of benzene rings is 1. The largest absolute Gasteiger partial charge is 0.480 e. The number of hydrogen-bond donors (Lipinski definition) is 3. The Morgan fingerprint density at radius 3 is 2.57 bits per heavy atom. The first-order chi connectivity index (χ1) is 10.0. The van der Waals surface area contributed by atoms with Gasteiger partial charge in [0.2, 0.25) is 0 Å². The highest BCUT2D eigenvalue weighted by Gasteiger charge is 2.18. The van der Waals surface area contributed by atoms with Gasteiger partial charge in [0.15, 0.2) is 0 Å². The van der Waals surface area contributed by atoms with E-state index in [-0.39, 0.29) is 0 Å². The van der Waals surface area contributed by atoms with E-state index in [0.717, 1.165) is 5.56 Å². The van der Waals surface area contributed by atoms with Crippen LogP contribution in [0.15, 0.2) is 24.3 Å². The van der Waals surface area contributed by atoms with Crippen LogP contribution in [-0.4, -0.2) is 41.7 Å². The number of thioether (sulfide) groups is 1. The molecule has 0 heterocycles. The molecule has 7 heteroatoms. The third-order valence-electron chi connectivity index (χ3n) is 2.83. The topological polar surface area (TPSA) is 78.4 Å². The summed E-state index contributed by atoms with van der Waals surface area (Å²) in [6, 6.07) is 6.05. The predicted molar refractivity (Wildman–Crippen MR) is 86.1 cm³/mol. The van der Waals surface area contributed by atoms with Gasteiger partial charge in [-0.15, -0.1) is 0 Å². The van der Waals surface area contributed by atoms with Gasteiger partial charge in [0.05, 0.1) is 0 Å². The van der Waals surface area contributed by atoms with Crippen molar-refractivity contribution in [3.63, 3.8) is 0 Å². The van der Waals surface area contributed by atoms with Crippen molar-refractivity contribution in [2.75, 3.05) is 18.6 Å². The van der Waals surface area contributed by atoms with E-state index in [9.17, 15) is 9.59 Å². The van der Waals surface area contributed by atoms with Gasteiger partial charge in [0.1, 0.15) is 6.04 Å². The van der Waals surface area contributed by atoms with Crippen LogP contribution in [0.4, 0.5) is 4.79 Å². The molecule has 116 valence electrons. The SMILES string of the molecule is CSCCC(NC(=O)NCCc1ccc(Cl)cc1)C(=O)O. The van der Waals surface area contributed by atoms with Crippen molar-refractivity contribution in [2.45, 2.75) is 18.9 Å². The van der Waals surface area contributed by atoms with Crippen molar-refractivity contribution in [2.24, 2.45) is 0 Å². The summed E-state index contributed by atoms with van der Waals surface area (Å²) in [4.78, 5) is 22.7. The average Bonchev–Trinajstić information content (AvgIpc) is 2.45. The lowest BCUT2D eigenvalue weighted by Gasteiger charge is -2.14. The molecule has 0 aromatic heterocycles. The minimum Gasteiger partial charge on any atom is -0.480 e. The fourth-order valence-corrected chi connectivity index (χ4v) is 2.27. The Bertz CT molecular complexity index is 468. The third kappa shape index (κ3) is 7.24. The van der Waals surface area contributed by atoms with Gasteiger partial charge in [0, 0.05) is 11.6 Å².